The Kier molecular flexibility index (Phi) is 7.28. The highest BCUT2D eigenvalue weighted by molar-refractivity contribution is 5.75. The molecule has 1 amide bonds. The number of hydrogen-bond acceptors (Lipinski definition) is 3. The number of carbonyl (C=O) groups is 1. The molecule has 0 unspecified atom stereocenters. The van der Waals surface area contributed by atoms with Crippen LogP contribution in [0.5, 0.6) is 0 Å². The van der Waals surface area contributed by atoms with Crippen LogP contribution in [0.4, 0.5) is 0 Å². The van der Waals surface area contributed by atoms with Crippen LogP contribution in [-0.4, -0.2) is 62.5 Å². The fourth-order valence-corrected chi connectivity index (χ4v) is 2.52. The van der Waals surface area contributed by atoms with Crippen molar-refractivity contribution in [3.8, 4) is 0 Å². The van der Waals surface area contributed by atoms with E-state index in [-0.39, 0.29) is 5.91 Å². The molecule has 1 N–H and O–H groups in total. The van der Waals surface area contributed by atoms with Gasteiger partial charge in [0.2, 0.25) is 5.91 Å². The summed E-state index contributed by atoms with van der Waals surface area (Å²) in [5, 5.41) is 3.41. The Balaban J connectivity index is 2.31. The molecule has 0 aromatic carbocycles. The first-order valence-electron chi connectivity index (χ1n) is 7.26. The van der Waals surface area contributed by atoms with E-state index in [1.165, 1.54) is 19.3 Å². The Labute approximate surface area is 112 Å². The first-order chi connectivity index (χ1) is 8.63. The first kappa shape index (κ1) is 15.4. The highest BCUT2D eigenvalue weighted by Gasteiger charge is 2.17. The van der Waals surface area contributed by atoms with Gasteiger partial charge in [0.1, 0.15) is 0 Å². The molecule has 1 saturated heterocycles. The van der Waals surface area contributed by atoms with Crippen LogP contribution >= 0.6 is 0 Å². The smallest absolute Gasteiger partial charge is 0.223 e. The SMILES string of the molecule is CCCN(CCC(=O)N(C)C)CC1CCNCC1. The number of hydrogen-bond donors (Lipinski definition) is 1. The monoisotopic (exact) mass is 255 g/mol. The van der Waals surface area contributed by atoms with E-state index in [0.29, 0.717) is 6.42 Å². The van der Waals surface area contributed by atoms with Crippen LogP contribution in [0, 0.1) is 5.92 Å². The van der Waals surface area contributed by atoms with Gasteiger partial charge in [0.15, 0.2) is 0 Å². The molecule has 0 atom stereocenters. The van der Waals surface area contributed by atoms with Crippen LogP contribution < -0.4 is 5.32 Å². The van der Waals surface area contributed by atoms with Gasteiger partial charge < -0.3 is 15.1 Å². The van der Waals surface area contributed by atoms with Crippen LogP contribution in [-0.2, 0) is 4.79 Å². The van der Waals surface area contributed by atoms with Gasteiger partial charge in [-0.25, -0.2) is 0 Å². The van der Waals surface area contributed by atoms with Crippen molar-refractivity contribution < 1.29 is 4.79 Å². The maximum atomic E-state index is 11.6. The predicted molar refractivity (Wildman–Crippen MR) is 75.6 cm³/mol. The topological polar surface area (TPSA) is 35.6 Å². The standard InChI is InChI=1S/C14H29N3O/c1-4-10-17(11-7-14(18)16(2)3)12-13-5-8-15-9-6-13/h13,15H,4-12H2,1-3H3. The molecule has 18 heavy (non-hydrogen) atoms. The van der Waals surface area contributed by atoms with Gasteiger partial charge in [-0.3, -0.25) is 4.79 Å². The van der Waals surface area contributed by atoms with Crippen molar-refractivity contribution in [2.45, 2.75) is 32.6 Å². The summed E-state index contributed by atoms with van der Waals surface area (Å²) in [5.41, 5.74) is 0. The lowest BCUT2D eigenvalue weighted by Gasteiger charge is -2.30. The highest BCUT2D eigenvalue weighted by atomic mass is 16.2. The summed E-state index contributed by atoms with van der Waals surface area (Å²) in [6.07, 6.45) is 4.38. The molecule has 0 bridgehead atoms. The third kappa shape index (κ3) is 5.83. The molecule has 0 saturated carbocycles. The van der Waals surface area contributed by atoms with Crippen LogP contribution in [0.1, 0.15) is 32.6 Å². The van der Waals surface area contributed by atoms with Gasteiger partial charge in [-0.2, -0.15) is 0 Å². The molecular formula is C14H29N3O. The highest BCUT2D eigenvalue weighted by Crippen LogP contribution is 2.14. The van der Waals surface area contributed by atoms with Gasteiger partial charge in [-0.15, -0.1) is 0 Å². The summed E-state index contributed by atoms with van der Waals surface area (Å²) in [7, 11) is 3.67. The normalized spacial score (nSPS) is 17.1. The molecule has 1 aliphatic heterocycles. The van der Waals surface area contributed by atoms with E-state index >= 15 is 0 Å². The zero-order chi connectivity index (χ0) is 13.4. The summed E-state index contributed by atoms with van der Waals surface area (Å²) in [4.78, 5) is 15.8. The molecular weight excluding hydrogens is 226 g/mol. The number of piperidine rings is 1. The van der Waals surface area contributed by atoms with Gasteiger partial charge in [0, 0.05) is 33.6 Å². The Bertz CT molecular complexity index is 237. The molecule has 1 aliphatic rings. The van der Waals surface area contributed by atoms with E-state index in [4.69, 9.17) is 0 Å². The van der Waals surface area contributed by atoms with Crippen molar-refractivity contribution in [1.82, 2.24) is 15.1 Å². The third-order valence-electron chi connectivity index (χ3n) is 3.66. The van der Waals surface area contributed by atoms with E-state index in [2.05, 4.69) is 17.1 Å². The zero-order valence-corrected chi connectivity index (χ0v) is 12.2. The minimum Gasteiger partial charge on any atom is -0.349 e. The third-order valence-corrected chi connectivity index (χ3v) is 3.66. The minimum absolute atomic E-state index is 0.237. The molecule has 1 fully saturated rings. The Morgan fingerprint density at radius 1 is 1.22 bits per heavy atom. The molecule has 1 rings (SSSR count). The molecule has 0 aromatic rings. The van der Waals surface area contributed by atoms with Gasteiger partial charge >= 0.3 is 0 Å². The Hall–Kier alpha value is -0.610. The quantitative estimate of drug-likeness (QED) is 0.742. The number of nitrogens with zero attached hydrogens (tertiary/aromatic N) is 2. The lowest BCUT2D eigenvalue weighted by molar-refractivity contribution is -0.129. The summed E-state index contributed by atoms with van der Waals surface area (Å²) in [6, 6.07) is 0. The maximum Gasteiger partial charge on any atom is 0.223 e. The lowest BCUT2D eigenvalue weighted by atomic mass is 9.97. The predicted octanol–water partition coefficient (Wildman–Crippen LogP) is 1.18. The Morgan fingerprint density at radius 3 is 2.44 bits per heavy atom. The molecule has 0 spiro atoms. The minimum atomic E-state index is 0.237. The summed E-state index contributed by atoms with van der Waals surface area (Å²) < 4.78 is 0. The van der Waals surface area contributed by atoms with Gasteiger partial charge in [0.05, 0.1) is 0 Å². The fourth-order valence-electron chi connectivity index (χ4n) is 2.52. The van der Waals surface area contributed by atoms with Crippen LogP contribution in [0.15, 0.2) is 0 Å². The van der Waals surface area contributed by atoms with Crippen molar-refractivity contribution in [1.29, 1.82) is 0 Å². The fraction of sp³-hybridized carbons (Fsp3) is 0.929. The van der Waals surface area contributed by atoms with Crippen molar-refractivity contribution in [3.63, 3.8) is 0 Å². The number of rotatable bonds is 7. The second-order valence-electron chi connectivity index (χ2n) is 5.53. The van der Waals surface area contributed by atoms with Crippen LogP contribution in [0.25, 0.3) is 0 Å². The van der Waals surface area contributed by atoms with E-state index in [1.807, 2.05) is 14.1 Å². The van der Waals surface area contributed by atoms with Gasteiger partial charge in [-0.1, -0.05) is 6.92 Å². The summed E-state index contributed by atoms with van der Waals surface area (Å²) >= 11 is 0. The van der Waals surface area contributed by atoms with Crippen molar-refractivity contribution in [2.24, 2.45) is 5.92 Å². The molecule has 4 heteroatoms. The summed E-state index contributed by atoms with van der Waals surface area (Å²) in [6.45, 7) is 7.71. The average molecular weight is 255 g/mol. The maximum absolute atomic E-state index is 11.6. The van der Waals surface area contributed by atoms with Gasteiger partial charge in [-0.05, 0) is 44.8 Å². The van der Waals surface area contributed by atoms with E-state index in [0.717, 1.165) is 38.6 Å². The van der Waals surface area contributed by atoms with E-state index < -0.39 is 0 Å². The lowest BCUT2D eigenvalue weighted by Crippen LogP contribution is -2.38. The molecule has 0 radical (unpaired) electrons. The van der Waals surface area contributed by atoms with Crippen molar-refractivity contribution in [3.05, 3.63) is 0 Å². The number of nitrogens with one attached hydrogen (secondary N) is 1. The largest absolute Gasteiger partial charge is 0.349 e. The molecule has 0 aliphatic carbocycles. The van der Waals surface area contributed by atoms with Crippen LogP contribution in [0.3, 0.4) is 0 Å². The van der Waals surface area contributed by atoms with E-state index in [9.17, 15) is 4.79 Å². The Morgan fingerprint density at radius 2 is 1.89 bits per heavy atom. The average Bonchev–Trinajstić information content (AvgIpc) is 2.37. The van der Waals surface area contributed by atoms with Crippen molar-refractivity contribution in [2.75, 3.05) is 46.8 Å². The molecule has 106 valence electrons. The number of carbonyl (C=O) groups excluding carboxylic acids is 1. The summed E-state index contributed by atoms with van der Waals surface area (Å²) in [5.74, 6) is 1.05. The van der Waals surface area contributed by atoms with E-state index in [1.54, 1.807) is 4.90 Å². The second-order valence-corrected chi connectivity index (χ2v) is 5.53. The van der Waals surface area contributed by atoms with Crippen LogP contribution in [0.2, 0.25) is 0 Å². The molecule has 4 nitrogen and oxygen atoms in total. The van der Waals surface area contributed by atoms with Gasteiger partial charge in [0.25, 0.3) is 0 Å². The van der Waals surface area contributed by atoms with Crippen molar-refractivity contribution >= 4 is 5.91 Å². The first-order valence-corrected chi connectivity index (χ1v) is 7.26. The molecule has 1 heterocycles. The second kappa shape index (κ2) is 8.48. The zero-order valence-electron chi connectivity index (χ0n) is 12.2. The molecule has 0 aromatic heterocycles. The number of amides is 1.